The highest BCUT2D eigenvalue weighted by Gasteiger charge is 2.09. The Morgan fingerprint density at radius 2 is 2.17 bits per heavy atom. The number of hydrogen-bond donors (Lipinski definition) is 2. The average molecular weight is 258 g/mol. The smallest absolute Gasteiger partial charge is 0.0373 e. The van der Waals surface area contributed by atoms with Crippen LogP contribution in [0.2, 0.25) is 0 Å². The Kier molecular flexibility index (Phi) is 3.35. The zero-order chi connectivity index (χ0) is 12.4. The highest BCUT2D eigenvalue weighted by atomic mass is 32.1. The van der Waals surface area contributed by atoms with Crippen molar-refractivity contribution in [3.8, 4) is 0 Å². The molecule has 1 aliphatic heterocycles. The van der Waals surface area contributed by atoms with Crippen LogP contribution in [0, 0.1) is 6.92 Å². The number of nitrogens with one attached hydrogen (secondary N) is 2. The molecule has 0 atom stereocenters. The quantitative estimate of drug-likeness (QED) is 0.879. The van der Waals surface area contributed by atoms with Gasteiger partial charge in [0.15, 0.2) is 0 Å². The van der Waals surface area contributed by atoms with Gasteiger partial charge in [-0.25, -0.2) is 0 Å². The molecule has 1 aromatic heterocycles. The van der Waals surface area contributed by atoms with Crippen molar-refractivity contribution in [2.45, 2.75) is 26.4 Å². The van der Waals surface area contributed by atoms with Crippen molar-refractivity contribution in [1.29, 1.82) is 0 Å². The summed E-state index contributed by atoms with van der Waals surface area (Å²) in [6, 6.07) is 11.1. The molecule has 2 N–H and O–H groups in total. The van der Waals surface area contributed by atoms with Gasteiger partial charge in [-0.2, -0.15) is 0 Å². The van der Waals surface area contributed by atoms with E-state index in [4.69, 9.17) is 0 Å². The summed E-state index contributed by atoms with van der Waals surface area (Å²) < 4.78 is 0. The van der Waals surface area contributed by atoms with E-state index in [1.807, 2.05) is 11.3 Å². The molecule has 0 saturated heterocycles. The molecular weight excluding hydrogens is 240 g/mol. The third-order valence-corrected chi connectivity index (χ3v) is 4.30. The van der Waals surface area contributed by atoms with Crippen LogP contribution in [0.5, 0.6) is 0 Å². The van der Waals surface area contributed by atoms with Gasteiger partial charge in [0.25, 0.3) is 0 Å². The number of hydrogen-bond acceptors (Lipinski definition) is 3. The molecule has 0 unspecified atom stereocenters. The lowest BCUT2D eigenvalue weighted by atomic mass is 10.1. The number of anilines is 1. The molecule has 0 aliphatic carbocycles. The fourth-order valence-corrected chi connectivity index (χ4v) is 3.24. The monoisotopic (exact) mass is 258 g/mol. The third kappa shape index (κ3) is 2.57. The second kappa shape index (κ2) is 5.12. The van der Waals surface area contributed by atoms with Gasteiger partial charge in [-0.1, -0.05) is 12.1 Å². The minimum atomic E-state index is 0.949. The molecule has 2 nitrogen and oxygen atoms in total. The van der Waals surface area contributed by atoms with E-state index in [9.17, 15) is 0 Å². The summed E-state index contributed by atoms with van der Waals surface area (Å²) in [6.45, 7) is 5.15. The van der Waals surface area contributed by atoms with Crippen LogP contribution in [0.4, 0.5) is 5.69 Å². The zero-order valence-electron chi connectivity index (χ0n) is 10.6. The van der Waals surface area contributed by atoms with Crippen molar-refractivity contribution in [3.63, 3.8) is 0 Å². The molecule has 0 radical (unpaired) electrons. The van der Waals surface area contributed by atoms with Gasteiger partial charge in [0.1, 0.15) is 0 Å². The van der Waals surface area contributed by atoms with Crippen molar-refractivity contribution in [3.05, 3.63) is 51.2 Å². The van der Waals surface area contributed by atoms with Crippen LogP contribution in [0.15, 0.2) is 30.3 Å². The maximum Gasteiger partial charge on any atom is 0.0373 e. The van der Waals surface area contributed by atoms with Gasteiger partial charge in [0.05, 0.1) is 0 Å². The van der Waals surface area contributed by atoms with Crippen LogP contribution in [-0.4, -0.2) is 6.54 Å². The normalized spacial score (nSPS) is 13.4. The first-order valence-corrected chi connectivity index (χ1v) is 7.24. The fourth-order valence-electron chi connectivity index (χ4n) is 2.38. The Bertz CT molecular complexity index is 545. The highest BCUT2D eigenvalue weighted by Crippen LogP contribution is 2.23. The van der Waals surface area contributed by atoms with Gasteiger partial charge in [0.2, 0.25) is 0 Å². The molecule has 2 heterocycles. The number of benzene rings is 1. The van der Waals surface area contributed by atoms with Crippen molar-refractivity contribution in [2.24, 2.45) is 0 Å². The zero-order valence-corrected chi connectivity index (χ0v) is 11.4. The Morgan fingerprint density at radius 1 is 1.22 bits per heavy atom. The van der Waals surface area contributed by atoms with E-state index in [0.717, 1.165) is 26.1 Å². The van der Waals surface area contributed by atoms with Crippen LogP contribution in [-0.2, 0) is 19.5 Å². The Morgan fingerprint density at radius 3 is 3.00 bits per heavy atom. The largest absolute Gasteiger partial charge is 0.384 e. The number of fused-ring (bicyclic) bond motifs is 1. The molecule has 3 rings (SSSR count). The second-order valence-electron chi connectivity index (χ2n) is 4.78. The van der Waals surface area contributed by atoms with Crippen molar-refractivity contribution in [2.75, 3.05) is 11.9 Å². The highest BCUT2D eigenvalue weighted by molar-refractivity contribution is 7.11. The molecular formula is C15H18N2S. The lowest BCUT2D eigenvalue weighted by molar-refractivity contribution is 0.700. The predicted octanol–water partition coefficient (Wildman–Crippen LogP) is 3.31. The minimum absolute atomic E-state index is 0.949. The molecule has 0 spiro atoms. The van der Waals surface area contributed by atoms with Gasteiger partial charge >= 0.3 is 0 Å². The molecule has 0 amide bonds. The first kappa shape index (κ1) is 11.8. The summed E-state index contributed by atoms with van der Waals surface area (Å²) in [5.74, 6) is 0. The Hall–Kier alpha value is -1.32. The van der Waals surface area contributed by atoms with Gasteiger partial charge in [-0.15, -0.1) is 11.3 Å². The Labute approximate surface area is 112 Å². The van der Waals surface area contributed by atoms with E-state index >= 15 is 0 Å². The predicted molar refractivity (Wildman–Crippen MR) is 78.2 cm³/mol. The molecule has 1 aliphatic rings. The van der Waals surface area contributed by atoms with Crippen LogP contribution < -0.4 is 10.6 Å². The number of aryl methyl sites for hydroxylation is 1. The molecule has 0 saturated carbocycles. The first-order valence-electron chi connectivity index (χ1n) is 6.43. The van der Waals surface area contributed by atoms with E-state index in [-0.39, 0.29) is 0 Å². The van der Waals surface area contributed by atoms with Gasteiger partial charge < -0.3 is 10.6 Å². The maximum absolute atomic E-state index is 3.51. The standard InChI is InChI=1S/C15H18N2S/c1-11-2-4-14(18-11)10-16-9-12-3-5-15-13(8-12)6-7-17-15/h2-5,8,16-17H,6-7,9-10H2,1H3. The molecule has 0 bridgehead atoms. The summed E-state index contributed by atoms with van der Waals surface area (Å²) in [6.07, 6.45) is 1.16. The lowest BCUT2D eigenvalue weighted by Crippen LogP contribution is -2.11. The van der Waals surface area contributed by atoms with E-state index in [1.54, 1.807) is 0 Å². The SMILES string of the molecule is Cc1ccc(CNCc2ccc3c(c2)CCN3)s1. The third-order valence-electron chi connectivity index (χ3n) is 3.30. The molecule has 2 aromatic rings. The maximum atomic E-state index is 3.51. The second-order valence-corrected chi connectivity index (χ2v) is 6.16. The molecule has 0 fully saturated rings. The minimum Gasteiger partial charge on any atom is -0.384 e. The molecule has 18 heavy (non-hydrogen) atoms. The Balaban J connectivity index is 1.57. The summed E-state index contributed by atoms with van der Waals surface area (Å²) in [5, 5.41) is 6.91. The van der Waals surface area contributed by atoms with Crippen molar-refractivity contribution < 1.29 is 0 Å². The summed E-state index contributed by atoms with van der Waals surface area (Å²) in [5.41, 5.74) is 4.15. The topological polar surface area (TPSA) is 24.1 Å². The average Bonchev–Trinajstić information content (AvgIpc) is 2.97. The van der Waals surface area contributed by atoms with E-state index in [2.05, 4.69) is 47.9 Å². The van der Waals surface area contributed by atoms with Gasteiger partial charge in [0, 0.05) is 35.1 Å². The van der Waals surface area contributed by atoms with Gasteiger partial charge in [-0.3, -0.25) is 0 Å². The molecule has 94 valence electrons. The fraction of sp³-hybridized carbons (Fsp3) is 0.333. The summed E-state index contributed by atoms with van der Waals surface area (Å²) in [7, 11) is 0. The summed E-state index contributed by atoms with van der Waals surface area (Å²) >= 11 is 1.87. The van der Waals surface area contributed by atoms with Crippen LogP contribution in [0.1, 0.15) is 20.9 Å². The summed E-state index contributed by atoms with van der Waals surface area (Å²) in [4.78, 5) is 2.80. The first-order chi connectivity index (χ1) is 8.81. The van der Waals surface area contributed by atoms with E-state index < -0.39 is 0 Å². The van der Waals surface area contributed by atoms with Gasteiger partial charge in [-0.05, 0) is 42.7 Å². The van der Waals surface area contributed by atoms with Crippen molar-refractivity contribution >= 4 is 17.0 Å². The molecule has 1 aromatic carbocycles. The van der Waals surface area contributed by atoms with Crippen molar-refractivity contribution in [1.82, 2.24) is 5.32 Å². The lowest BCUT2D eigenvalue weighted by Gasteiger charge is -2.06. The van der Waals surface area contributed by atoms with Crippen LogP contribution in [0.3, 0.4) is 0 Å². The van der Waals surface area contributed by atoms with Crippen LogP contribution >= 0.6 is 11.3 Å². The molecule has 3 heteroatoms. The van der Waals surface area contributed by atoms with Crippen LogP contribution in [0.25, 0.3) is 0 Å². The number of thiophene rings is 1. The van der Waals surface area contributed by atoms with E-state index in [1.165, 1.54) is 26.6 Å². The number of rotatable bonds is 4. The van der Waals surface area contributed by atoms with E-state index in [0.29, 0.717) is 0 Å².